The van der Waals surface area contributed by atoms with Gasteiger partial charge in [-0.15, -0.1) is 0 Å². The Morgan fingerprint density at radius 2 is 1.38 bits per heavy atom. The minimum atomic E-state index is -1.24. The number of benzene rings is 4. The van der Waals surface area contributed by atoms with Crippen molar-refractivity contribution in [2.24, 2.45) is 0 Å². The zero-order valence-corrected chi connectivity index (χ0v) is 33.7. The molecular weight excluding hydrogens is 787 g/mol. The molecule has 2 aromatic heterocycles. The molecule has 4 aromatic carbocycles. The first kappa shape index (κ1) is 42.4. The largest absolute Gasteiger partial charge is 0.497 e. The Hall–Kier alpha value is -6.72. The maximum absolute atomic E-state index is 13.4. The number of fused-ring (bicyclic) bond motifs is 1. The van der Waals surface area contributed by atoms with Gasteiger partial charge >= 0.3 is 11.9 Å². The number of rotatable bonds is 19. The third kappa shape index (κ3) is 9.37. The molecule has 7 rings (SSSR count). The lowest BCUT2D eigenvalue weighted by molar-refractivity contribution is -0.162. The third-order valence-corrected chi connectivity index (χ3v) is 10.2. The molecule has 6 aromatic rings. The second kappa shape index (κ2) is 19.6. The Bertz CT molecular complexity index is 2350. The van der Waals surface area contributed by atoms with Gasteiger partial charge < -0.3 is 43.6 Å². The molecule has 1 aliphatic rings. The van der Waals surface area contributed by atoms with E-state index in [4.69, 9.17) is 33.2 Å². The van der Waals surface area contributed by atoms with Crippen LogP contribution in [0.5, 0.6) is 11.5 Å². The summed E-state index contributed by atoms with van der Waals surface area (Å²) in [6.45, 7) is 0.163. The van der Waals surface area contributed by atoms with Crippen LogP contribution in [0.4, 0.5) is 5.82 Å². The summed E-state index contributed by atoms with van der Waals surface area (Å²) in [5.41, 5.74) is 2.01. The lowest BCUT2D eigenvalue weighted by Gasteiger charge is -2.37. The van der Waals surface area contributed by atoms with Crippen LogP contribution in [-0.4, -0.2) is 102 Å². The van der Waals surface area contributed by atoms with Crippen molar-refractivity contribution < 1.29 is 52.6 Å². The molecule has 0 spiro atoms. The van der Waals surface area contributed by atoms with Crippen molar-refractivity contribution in [3.05, 3.63) is 144 Å². The summed E-state index contributed by atoms with van der Waals surface area (Å²) >= 11 is 0. The highest BCUT2D eigenvalue weighted by Crippen LogP contribution is 2.44. The number of carboxylic acid groups (broad SMARTS) is 1. The molecular formula is C45H45N5O11. The Morgan fingerprint density at radius 3 is 1.98 bits per heavy atom. The van der Waals surface area contributed by atoms with Crippen molar-refractivity contribution in [1.82, 2.24) is 19.5 Å². The molecule has 1 saturated heterocycles. The second-order valence-electron chi connectivity index (χ2n) is 13.9. The average molecular weight is 832 g/mol. The van der Waals surface area contributed by atoms with Gasteiger partial charge in [0.25, 0.3) is 5.91 Å². The van der Waals surface area contributed by atoms with Crippen molar-refractivity contribution in [3.8, 4) is 11.5 Å². The summed E-state index contributed by atoms with van der Waals surface area (Å²) in [5, 5.41) is 12.2. The molecule has 0 aliphatic carbocycles. The topological polar surface area (TPSA) is 192 Å². The van der Waals surface area contributed by atoms with Crippen LogP contribution in [0.3, 0.4) is 0 Å². The first-order valence-corrected chi connectivity index (χ1v) is 19.5. The van der Waals surface area contributed by atoms with Crippen molar-refractivity contribution in [1.29, 1.82) is 0 Å². The standard InChI is InChI=1S/C45H45N5O11/c1-55-24-25-58-39-35(26-59-45(30-12-8-5-9-13-30,31-14-18-33(56-2)19-15-31)32-16-20-34(57-3)21-17-32)60-44(40(39)61-37(53)23-22-36(51)52)50-28-48-38-41(46-27-47-42(38)50)49-43(54)29-10-6-4-7-11-29/h4-21,27-28,35,39-40,44H,22-26H2,1-3H3,(H,51,52)(H,46,47,49,54)/t35-,39-,40-,44-/m1/s1. The van der Waals surface area contributed by atoms with Gasteiger partial charge in [0, 0.05) is 12.7 Å². The second-order valence-corrected chi connectivity index (χ2v) is 13.9. The van der Waals surface area contributed by atoms with Gasteiger partial charge in [-0.1, -0.05) is 72.8 Å². The van der Waals surface area contributed by atoms with Crippen LogP contribution < -0.4 is 14.8 Å². The van der Waals surface area contributed by atoms with Crippen LogP contribution in [0, 0.1) is 0 Å². The van der Waals surface area contributed by atoms with E-state index in [0.29, 0.717) is 17.1 Å². The Morgan fingerprint density at radius 1 is 0.754 bits per heavy atom. The zero-order valence-electron chi connectivity index (χ0n) is 33.7. The third-order valence-electron chi connectivity index (χ3n) is 10.2. The van der Waals surface area contributed by atoms with E-state index >= 15 is 0 Å². The maximum Gasteiger partial charge on any atom is 0.306 e. The zero-order chi connectivity index (χ0) is 42.8. The number of nitrogens with zero attached hydrogens (tertiary/aromatic N) is 4. The van der Waals surface area contributed by atoms with Crippen LogP contribution in [-0.2, 0) is 38.9 Å². The number of amides is 1. The van der Waals surface area contributed by atoms with E-state index in [1.54, 1.807) is 49.1 Å². The number of carbonyl (C=O) groups excluding carboxylic acids is 2. The number of hydrogen-bond acceptors (Lipinski definition) is 13. The molecule has 3 heterocycles. The molecule has 0 radical (unpaired) electrons. The fourth-order valence-electron chi connectivity index (χ4n) is 7.26. The summed E-state index contributed by atoms with van der Waals surface area (Å²) < 4.78 is 44.4. The average Bonchev–Trinajstić information content (AvgIpc) is 3.88. The molecule has 2 N–H and O–H groups in total. The lowest BCUT2D eigenvalue weighted by atomic mass is 9.80. The summed E-state index contributed by atoms with van der Waals surface area (Å²) in [6, 6.07) is 33.5. The summed E-state index contributed by atoms with van der Waals surface area (Å²) in [5.74, 6) is -0.900. The van der Waals surface area contributed by atoms with Crippen LogP contribution in [0.1, 0.15) is 46.1 Å². The van der Waals surface area contributed by atoms with Gasteiger partial charge in [-0.05, 0) is 53.1 Å². The summed E-state index contributed by atoms with van der Waals surface area (Å²) in [6.07, 6.45) is -2.34. The van der Waals surface area contributed by atoms with E-state index in [2.05, 4.69) is 20.3 Å². The maximum atomic E-state index is 13.4. The number of hydrogen-bond donors (Lipinski definition) is 2. The predicted molar refractivity (Wildman–Crippen MR) is 220 cm³/mol. The fraction of sp³-hybridized carbons (Fsp3) is 0.289. The SMILES string of the molecule is COCCO[C@H]1[C@@H](OC(=O)CCC(=O)O)[C@H](n2cnc3c(NC(=O)c4ccccc4)ncnc32)O[C@@H]1COC(c1ccccc1)(c1ccc(OC)cc1)c1ccc(OC)cc1. The van der Waals surface area contributed by atoms with E-state index in [9.17, 15) is 19.5 Å². The number of aromatic nitrogens is 4. The molecule has 16 heteroatoms. The van der Waals surface area contributed by atoms with Crippen molar-refractivity contribution >= 4 is 34.8 Å². The first-order valence-electron chi connectivity index (χ1n) is 19.5. The monoisotopic (exact) mass is 831 g/mol. The Labute approximate surface area is 351 Å². The Balaban J connectivity index is 1.30. The van der Waals surface area contributed by atoms with Gasteiger partial charge in [-0.2, -0.15) is 0 Å². The number of methoxy groups -OCH3 is 3. The lowest BCUT2D eigenvalue weighted by Crippen LogP contribution is -2.42. The predicted octanol–water partition coefficient (Wildman–Crippen LogP) is 5.81. The van der Waals surface area contributed by atoms with Gasteiger partial charge in [0.2, 0.25) is 0 Å². The molecule has 1 amide bonds. The summed E-state index contributed by atoms with van der Waals surface area (Å²) in [7, 11) is 4.72. The number of nitrogens with one attached hydrogen (secondary N) is 1. The number of carboxylic acids is 1. The fourth-order valence-corrected chi connectivity index (χ4v) is 7.26. The molecule has 1 fully saturated rings. The number of anilines is 1. The van der Waals surface area contributed by atoms with Gasteiger partial charge in [0.1, 0.15) is 35.6 Å². The van der Waals surface area contributed by atoms with Crippen molar-refractivity contribution in [2.45, 2.75) is 43.0 Å². The van der Waals surface area contributed by atoms with Crippen LogP contribution in [0.25, 0.3) is 11.2 Å². The van der Waals surface area contributed by atoms with Gasteiger partial charge in [0.05, 0.1) is 53.2 Å². The summed E-state index contributed by atoms with van der Waals surface area (Å²) in [4.78, 5) is 51.3. The molecule has 0 saturated carbocycles. The first-order chi connectivity index (χ1) is 29.7. The van der Waals surface area contributed by atoms with Crippen molar-refractivity contribution in [2.75, 3.05) is 46.5 Å². The smallest absolute Gasteiger partial charge is 0.306 e. The van der Waals surface area contributed by atoms with E-state index in [1.165, 1.54) is 19.8 Å². The molecule has 4 atom stereocenters. The van der Waals surface area contributed by atoms with Crippen LogP contribution in [0.15, 0.2) is 122 Å². The van der Waals surface area contributed by atoms with E-state index < -0.39 is 60.8 Å². The van der Waals surface area contributed by atoms with Gasteiger partial charge in [-0.3, -0.25) is 19.0 Å². The molecule has 0 unspecified atom stereocenters. The number of imidazole rings is 1. The number of ether oxygens (including phenoxy) is 7. The Kier molecular flexibility index (Phi) is 13.6. The highest BCUT2D eigenvalue weighted by Gasteiger charge is 2.51. The minimum absolute atomic E-state index is 0.0836. The highest BCUT2D eigenvalue weighted by molar-refractivity contribution is 6.06. The molecule has 61 heavy (non-hydrogen) atoms. The van der Waals surface area contributed by atoms with Crippen LogP contribution >= 0.6 is 0 Å². The van der Waals surface area contributed by atoms with E-state index in [1.807, 2.05) is 78.9 Å². The van der Waals surface area contributed by atoms with Gasteiger partial charge in [-0.25, -0.2) is 15.0 Å². The molecule has 316 valence electrons. The van der Waals surface area contributed by atoms with Gasteiger partial charge in [0.15, 0.2) is 29.3 Å². The minimum Gasteiger partial charge on any atom is -0.497 e. The van der Waals surface area contributed by atoms with Crippen molar-refractivity contribution in [3.63, 3.8) is 0 Å². The number of esters is 1. The van der Waals surface area contributed by atoms with E-state index in [-0.39, 0.29) is 36.8 Å². The van der Waals surface area contributed by atoms with E-state index in [0.717, 1.165) is 16.7 Å². The number of carbonyl (C=O) groups is 3. The van der Waals surface area contributed by atoms with Crippen LogP contribution in [0.2, 0.25) is 0 Å². The molecule has 0 bridgehead atoms. The molecule has 1 aliphatic heterocycles. The highest BCUT2D eigenvalue weighted by atomic mass is 16.6. The molecule has 16 nitrogen and oxygen atoms in total. The quantitative estimate of drug-likeness (QED) is 0.0565. The number of aliphatic carboxylic acids is 1. The normalized spacial score (nSPS) is 17.5.